The summed E-state index contributed by atoms with van der Waals surface area (Å²) in [5, 5.41) is 3.42. The Labute approximate surface area is 98.6 Å². The number of anilines is 2. The standard InChI is InChI=1S/C13H23N3/c1-13(2,10-16(3)4)9-15-12-7-5-6-11(14)8-12/h5-8,15H,9-10,14H2,1-4H3. The molecule has 0 aromatic heterocycles. The third-order valence-corrected chi connectivity index (χ3v) is 2.40. The van der Waals surface area contributed by atoms with E-state index in [1.54, 1.807) is 0 Å². The zero-order valence-electron chi connectivity index (χ0n) is 10.7. The molecule has 0 atom stereocenters. The van der Waals surface area contributed by atoms with Crippen molar-refractivity contribution in [2.24, 2.45) is 5.41 Å². The van der Waals surface area contributed by atoms with Gasteiger partial charge in [0.25, 0.3) is 0 Å². The van der Waals surface area contributed by atoms with Gasteiger partial charge in [0.05, 0.1) is 0 Å². The van der Waals surface area contributed by atoms with Crippen LogP contribution in [0.4, 0.5) is 11.4 Å². The molecule has 0 spiro atoms. The van der Waals surface area contributed by atoms with Crippen molar-refractivity contribution in [3.8, 4) is 0 Å². The molecule has 0 aliphatic carbocycles. The summed E-state index contributed by atoms with van der Waals surface area (Å²) in [6.45, 7) is 6.51. The average molecular weight is 221 g/mol. The molecular formula is C13H23N3. The number of hydrogen-bond acceptors (Lipinski definition) is 3. The maximum Gasteiger partial charge on any atom is 0.0360 e. The van der Waals surface area contributed by atoms with Crippen molar-refractivity contribution in [3.05, 3.63) is 24.3 Å². The van der Waals surface area contributed by atoms with Crippen LogP contribution in [0, 0.1) is 5.41 Å². The maximum absolute atomic E-state index is 5.73. The first-order valence-corrected chi connectivity index (χ1v) is 5.63. The first-order chi connectivity index (χ1) is 7.39. The van der Waals surface area contributed by atoms with E-state index < -0.39 is 0 Å². The second-order valence-electron chi connectivity index (χ2n) is 5.38. The predicted octanol–water partition coefficient (Wildman–Crippen LogP) is 2.27. The van der Waals surface area contributed by atoms with Gasteiger partial charge in [-0.15, -0.1) is 0 Å². The van der Waals surface area contributed by atoms with Crippen LogP contribution < -0.4 is 11.1 Å². The number of nitrogens with one attached hydrogen (secondary N) is 1. The van der Waals surface area contributed by atoms with E-state index in [0.717, 1.165) is 24.5 Å². The minimum absolute atomic E-state index is 0.244. The van der Waals surface area contributed by atoms with Crippen molar-refractivity contribution >= 4 is 11.4 Å². The molecule has 0 saturated carbocycles. The Bertz CT molecular complexity index is 332. The van der Waals surface area contributed by atoms with Crippen molar-refractivity contribution in [2.75, 3.05) is 38.2 Å². The summed E-state index contributed by atoms with van der Waals surface area (Å²) in [6, 6.07) is 7.88. The minimum Gasteiger partial charge on any atom is -0.399 e. The smallest absolute Gasteiger partial charge is 0.0360 e. The molecule has 0 aliphatic rings. The van der Waals surface area contributed by atoms with Gasteiger partial charge in [0, 0.05) is 24.5 Å². The van der Waals surface area contributed by atoms with Gasteiger partial charge < -0.3 is 16.0 Å². The van der Waals surface area contributed by atoms with Gasteiger partial charge in [0.2, 0.25) is 0 Å². The lowest BCUT2D eigenvalue weighted by Gasteiger charge is -2.28. The first kappa shape index (κ1) is 12.8. The van der Waals surface area contributed by atoms with Crippen molar-refractivity contribution in [3.63, 3.8) is 0 Å². The van der Waals surface area contributed by atoms with Crippen LogP contribution in [0.3, 0.4) is 0 Å². The molecule has 0 heterocycles. The van der Waals surface area contributed by atoms with E-state index in [1.165, 1.54) is 0 Å². The molecular weight excluding hydrogens is 198 g/mol. The molecule has 1 rings (SSSR count). The highest BCUT2D eigenvalue weighted by molar-refractivity contribution is 5.54. The van der Waals surface area contributed by atoms with Crippen LogP contribution in [0.25, 0.3) is 0 Å². The molecule has 1 aromatic rings. The molecule has 0 unspecified atom stereocenters. The molecule has 16 heavy (non-hydrogen) atoms. The molecule has 0 amide bonds. The summed E-state index contributed by atoms with van der Waals surface area (Å²) < 4.78 is 0. The molecule has 1 aromatic carbocycles. The molecule has 0 aliphatic heterocycles. The quantitative estimate of drug-likeness (QED) is 0.749. The van der Waals surface area contributed by atoms with Gasteiger partial charge >= 0.3 is 0 Å². The number of nitrogens with two attached hydrogens (primary N) is 1. The normalized spacial score (nSPS) is 11.8. The first-order valence-electron chi connectivity index (χ1n) is 5.63. The molecule has 0 saturated heterocycles. The van der Waals surface area contributed by atoms with Gasteiger partial charge in [0.1, 0.15) is 0 Å². The number of rotatable bonds is 5. The van der Waals surface area contributed by atoms with Gasteiger partial charge in [-0.25, -0.2) is 0 Å². The summed E-state index contributed by atoms with van der Waals surface area (Å²) in [5.41, 5.74) is 7.87. The third-order valence-electron chi connectivity index (χ3n) is 2.40. The molecule has 0 fully saturated rings. The largest absolute Gasteiger partial charge is 0.399 e. The fourth-order valence-corrected chi connectivity index (χ4v) is 1.90. The van der Waals surface area contributed by atoms with Crippen LogP contribution in [0.1, 0.15) is 13.8 Å². The lowest BCUT2D eigenvalue weighted by atomic mass is 9.93. The van der Waals surface area contributed by atoms with E-state index in [2.05, 4.69) is 38.2 Å². The fourth-order valence-electron chi connectivity index (χ4n) is 1.90. The molecule has 0 bridgehead atoms. The van der Waals surface area contributed by atoms with E-state index in [0.29, 0.717) is 0 Å². The number of benzene rings is 1. The SMILES string of the molecule is CN(C)CC(C)(C)CNc1cccc(N)c1. The monoisotopic (exact) mass is 221 g/mol. The molecule has 0 radical (unpaired) electrons. The Morgan fingerprint density at radius 1 is 1.31 bits per heavy atom. The lowest BCUT2D eigenvalue weighted by Crippen LogP contribution is -2.34. The summed E-state index contributed by atoms with van der Waals surface area (Å²) in [7, 11) is 4.20. The fraction of sp³-hybridized carbons (Fsp3) is 0.538. The Morgan fingerprint density at radius 3 is 2.56 bits per heavy atom. The van der Waals surface area contributed by atoms with Gasteiger partial charge in [-0.05, 0) is 37.7 Å². The highest BCUT2D eigenvalue weighted by Gasteiger charge is 2.18. The zero-order valence-corrected chi connectivity index (χ0v) is 10.7. The second-order valence-corrected chi connectivity index (χ2v) is 5.38. The average Bonchev–Trinajstić information content (AvgIpc) is 2.13. The molecule has 3 N–H and O–H groups in total. The molecule has 3 heteroatoms. The van der Waals surface area contributed by atoms with Crippen LogP contribution in [0.15, 0.2) is 24.3 Å². The Morgan fingerprint density at radius 2 is 2.00 bits per heavy atom. The summed E-state index contributed by atoms with van der Waals surface area (Å²) in [5.74, 6) is 0. The van der Waals surface area contributed by atoms with Crippen LogP contribution in [-0.4, -0.2) is 32.1 Å². The maximum atomic E-state index is 5.73. The van der Waals surface area contributed by atoms with Crippen LogP contribution >= 0.6 is 0 Å². The number of nitrogen functional groups attached to an aromatic ring is 1. The van der Waals surface area contributed by atoms with E-state index in [1.807, 2.05) is 24.3 Å². The third kappa shape index (κ3) is 4.53. The van der Waals surface area contributed by atoms with Crippen molar-refractivity contribution in [2.45, 2.75) is 13.8 Å². The topological polar surface area (TPSA) is 41.3 Å². The van der Waals surface area contributed by atoms with Gasteiger partial charge in [-0.3, -0.25) is 0 Å². The van der Waals surface area contributed by atoms with E-state index >= 15 is 0 Å². The summed E-state index contributed by atoms with van der Waals surface area (Å²) >= 11 is 0. The predicted molar refractivity (Wildman–Crippen MR) is 71.7 cm³/mol. The van der Waals surface area contributed by atoms with Gasteiger partial charge in [-0.1, -0.05) is 19.9 Å². The van der Waals surface area contributed by atoms with Crippen molar-refractivity contribution < 1.29 is 0 Å². The van der Waals surface area contributed by atoms with E-state index in [9.17, 15) is 0 Å². The summed E-state index contributed by atoms with van der Waals surface area (Å²) in [6.07, 6.45) is 0. The Hall–Kier alpha value is -1.22. The Kier molecular flexibility index (Phi) is 4.19. The van der Waals surface area contributed by atoms with E-state index in [4.69, 9.17) is 5.73 Å². The number of nitrogens with zero attached hydrogens (tertiary/aromatic N) is 1. The van der Waals surface area contributed by atoms with E-state index in [-0.39, 0.29) is 5.41 Å². The van der Waals surface area contributed by atoms with Crippen LogP contribution in [0.5, 0.6) is 0 Å². The van der Waals surface area contributed by atoms with Crippen molar-refractivity contribution in [1.82, 2.24) is 4.90 Å². The van der Waals surface area contributed by atoms with Gasteiger partial charge in [-0.2, -0.15) is 0 Å². The Balaban J connectivity index is 2.50. The second kappa shape index (κ2) is 5.21. The minimum atomic E-state index is 0.244. The highest BCUT2D eigenvalue weighted by Crippen LogP contribution is 2.18. The number of hydrogen-bond donors (Lipinski definition) is 2. The zero-order chi connectivity index (χ0) is 12.2. The van der Waals surface area contributed by atoms with Crippen molar-refractivity contribution in [1.29, 1.82) is 0 Å². The lowest BCUT2D eigenvalue weighted by molar-refractivity contribution is 0.254. The van der Waals surface area contributed by atoms with Crippen LogP contribution in [0.2, 0.25) is 0 Å². The highest BCUT2D eigenvalue weighted by atomic mass is 15.1. The summed E-state index contributed by atoms with van der Waals surface area (Å²) in [4.78, 5) is 2.21. The molecule has 3 nitrogen and oxygen atoms in total. The van der Waals surface area contributed by atoms with Gasteiger partial charge in [0.15, 0.2) is 0 Å². The molecule has 90 valence electrons. The van der Waals surface area contributed by atoms with Crippen LogP contribution in [-0.2, 0) is 0 Å².